The van der Waals surface area contributed by atoms with E-state index in [-0.39, 0.29) is 30.7 Å². The lowest BCUT2D eigenvalue weighted by molar-refractivity contribution is -0.221. The SMILES string of the molecule is CC1(C)OC2C(OCc3ccccc3)[C@@H]([C@H]3CO3)O[C@@H]2O1. The molecule has 0 amide bonds. The zero-order valence-electron chi connectivity index (χ0n) is 12.2. The molecule has 5 atom stereocenters. The van der Waals surface area contributed by atoms with Crippen LogP contribution in [0, 0.1) is 0 Å². The zero-order valence-corrected chi connectivity index (χ0v) is 12.2. The Morgan fingerprint density at radius 3 is 2.62 bits per heavy atom. The molecule has 0 aromatic heterocycles. The summed E-state index contributed by atoms with van der Waals surface area (Å²) in [5.74, 6) is -0.626. The van der Waals surface area contributed by atoms with Gasteiger partial charge < -0.3 is 23.7 Å². The Bertz CT molecular complexity index is 499. The van der Waals surface area contributed by atoms with Gasteiger partial charge in [0, 0.05) is 0 Å². The van der Waals surface area contributed by atoms with Crippen LogP contribution in [-0.2, 0) is 30.3 Å². The van der Waals surface area contributed by atoms with Crippen molar-refractivity contribution in [2.45, 2.75) is 56.9 Å². The summed E-state index contributed by atoms with van der Waals surface area (Å²) < 4.78 is 29.2. The lowest BCUT2D eigenvalue weighted by Gasteiger charge is -2.25. The van der Waals surface area contributed by atoms with Gasteiger partial charge in [0.05, 0.1) is 13.2 Å². The van der Waals surface area contributed by atoms with E-state index in [1.54, 1.807) is 0 Å². The molecule has 3 aliphatic rings. The van der Waals surface area contributed by atoms with Crippen LogP contribution >= 0.6 is 0 Å². The first-order valence-electron chi connectivity index (χ1n) is 7.41. The fourth-order valence-corrected chi connectivity index (χ4v) is 3.01. The molecular formula is C16H20O5. The predicted molar refractivity (Wildman–Crippen MR) is 73.5 cm³/mol. The van der Waals surface area contributed by atoms with E-state index in [1.807, 2.05) is 44.2 Å². The summed E-state index contributed by atoms with van der Waals surface area (Å²) in [5.41, 5.74) is 1.13. The average molecular weight is 292 g/mol. The molecule has 3 heterocycles. The van der Waals surface area contributed by atoms with Gasteiger partial charge >= 0.3 is 0 Å². The number of hydrogen-bond donors (Lipinski definition) is 0. The fourth-order valence-electron chi connectivity index (χ4n) is 3.01. The van der Waals surface area contributed by atoms with Gasteiger partial charge in [0.25, 0.3) is 0 Å². The van der Waals surface area contributed by atoms with Gasteiger partial charge in [-0.25, -0.2) is 0 Å². The normalized spacial score (nSPS) is 40.2. The van der Waals surface area contributed by atoms with Crippen molar-refractivity contribution >= 4 is 0 Å². The molecule has 0 aliphatic carbocycles. The van der Waals surface area contributed by atoms with Crippen molar-refractivity contribution in [1.29, 1.82) is 0 Å². The van der Waals surface area contributed by atoms with Crippen LogP contribution in [0.15, 0.2) is 30.3 Å². The van der Waals surface area contributed by atoms with E-state index in [2.05, 4.69) is 0 Å². The van der Waals surface area contributed by atoms with E-state index < -0.39 is 5.79 Å². The first-order chi connectivity index (χ1) is 10.1. The molecule has 4 rings (SSSR count). The number of fused-ring (bicyclic) bond motifs is 1. The van der Waals surface area contributed by atoms with Crippen LogP contribution in [0.5, 0.6) is 0 Å². The number of epoxide rings is 1. The summed E-state index contributed by atoms with van der Waals surface area (Å²) in [6.45, 7) is 5.04. The molecule has 5 heteroatoms. The standard InChI is InChI=1S/C16H20O5/c1-16(2)20-14-13(18-8-10-6-4-3-5-7-10)12(11-9-17-11)19-15(14)21-16/h3-7,11-15H,8-9H2,1-2H3/t11-,12-,13?,14?,15-/m1/s1. The Labute approximate surface area is 124 Å². The molecule has 3 fully saturated rings. The molecule has 3 saturated heterocycles. The molecule has 0 spiro atoms. The monoisotopic (exact) mass is 292 g/mol. The molecule has 0 radical (unpaired) electrons. The van der Waals surface area contributed by atoms with Gasteiger partial charge in [0.15, 0.2) is 12.1 Å². The largest absolute Gasteiger partial charge is 0.370 e. The molecule has 0 saturated carbocycles. The van der Waals surface area contributed by atoms with Crippen LogP contribution in [0.3, 0.4) is 0 Å². The van der Waals surface area contributed by atoms with Crippen LogP contribution in [0.1, 0.15) is 19.4 Å². The Hall–Kier alpha value is -0.980. The quantitative estimate of drug-likeness (QED) is 0.793. The molecule has 0 bridgehead atoms. The third-order valence-electron chi connectivity index (χ3n) is 4.04. The lowest BCUT2D eigenvalue weighted by Crippen LogP contribution is -2.39. The maximum Gasteiger partial charge on any atom is 0.190 e. The van der Waals surface area contributed by atoms with Gasteiger partial charge in [0.1, 0.15) is 24.4 Å². The van der Waals surface area contributed by atoms with Crippen LogP contribution in [0.2, 0.25) is 0 Å². The molecule has 5 nitrogen and oxygen atoms in total. The number of hydrogen-bond acceptors (Lipinski definition) is 5. The molecule has 114 valence electrons. The van der Waals surface area contributed by atoms with Crippen molar-refractivity contribution in [2.24, 2.45) is 0 Å². The summed E-state index contributed by atoms with van der Waals surface area (Å²) in [6, 6.07) is 10.1. The number of rotatable bonds is 4. The smallest absolute Gasteiger partial charge is 0.190 e. The highest BCUT2D eigenvalue weighted by Crippen LogP contribution is 2.42. The summed E-state index contributed by atoms with van der Waals surface area (Å²) in [5, 5.41) is 0. The van der Waals surface area contributed by atoms with Crippen molar-refractivity contribution in [3.63, 3.8) is 0 Å². The van der Waals surface area contributed by atoms with Crippen molar-refractivity contribution in [1.82, 2.24) is 0 Å². The van der Waals surface area contributed by atoms with Crippen LogP contribution in [-0.4, -0.2) is 43.1 Å². The number of ether oxygens (including phenoxy) is 5. The highest BCUT2D eigenvalue weighted by Gasteiger charge is 2.59. The van der Waals surface area contributed by atoms with Crippen molar-refractivity contribution < 1.29 is 23.7 Å². The highest BCUT2D eigenvalue weighted by atomic mass is 16.8. The second-order valence-electron chi connectivity index (χ2n) is 6.20. The maximum atomic E-state index is 6.10. The molecule has 21 heavy (non-hydrogen) atoms. The molecule has 0 N–H and O–H groups in total. The van der Waals surface area contributed by atoms with Gasteiger partial charge in [-0.3, -0.25) is 0 Å². The summed E-state index contributed by atoms with van der Waals surface area (Å²) >= 11 is 0. The topological polar surface area (TPSA) is 49.5 Å². The average Bonchev–Trinajstić information content (AvgIpc) is 3.18. The van der Waals surface area contributed by atoms with E-state index >= 15 is 0 Å². The van der Waals surface area contributed by atoms with Crippen molar-refractivity contribution in [3.05, 3.63) is 35.9 Å². The third kappa shape index (κ3) is 2.72. The van der Waals surface area contributed by atoms with Gasteiger partial charge in [0.2, 0.25) is 0 Å². The lowest BCUT2D eigenvalue weighted by atomic mass is 10.1. The van der Waals surface area contributed by atoms with Gasteiger partial charge in [-0.05, 0) is 19.4 Å². The summed E-state index contributed by atoms with van der Waals surface area (Å²) in [7, 11) is 0. The zero-order chi connectivity index (χ0) is 14.4. The van der Waals surface area contributed by atoms with Crippen LogP contribution in [0.4, 0.5) is 0 Å². The van der Waals surface area contributed by atoms with Crippen molar-refractivity contribution in [2.75, 3.05) is 6.61 Å². The van der Waals surface area contributed by atoms with Crippen LogP contribution in [0.25, 0.3) is 0 Å². The second kappa shape index (κ2) is 5.04. The minimum atomic E-state index is -0.626. The van der Waals surface area contributed by atoms with E-state index in [1.165, 1.54) is 0 Å². The Morgan fingerprint density at radius 1 is 1.14 bits per heavy atom. The van der Waals surface area contributed by atoms with E-state index in [0.29, 0.717) is 6.61 Å². The van der Waals surface area contributed by atoms with E-state index in [0.717, 1.165) is 12.2 Å². The highest BCUT2D eigenvalue weighted by molar-refractivity contribution is 5.13. The third-order valence-corrected chi connectivity index (χ3v) is 4.04. The first-order valence-corrected chi connectivity index (χ1v) is 7.41. The molecular weight excluding hydrogens is 272 g/mol. The molecule has 1 aromatic rings. The summed E-state index contributed by atoms with van der Waals surface area (Å²) in [6.07, 6.45) is -0.733. The van der Waals surface area contributed by atoms with Crippen molar-refractivity contribution in [3.8, 4) is 0 Å². The van der Waals surface area contributed by atoms with Crippen LogP contribution < -0.4 is 0 Å². The minimum absolute atomic E-state index is 0.103. The van der Waals surface area contributed by atoms with E-state index in [4.69, 9.17) is 23.7 Å². The van der Waals surface area contributed by atoms with Gasteiger partial charge in [-0.1, -0.05) is 30.3 Å². The van der Waals surface area contributed by atoms with E-state index in [9.17, 15) is 0 Å². The first kappa shape index (κ1) is 13.7. The Kier molecular flexibility index (Phi) is 3.28. The molecule has 1 aromatic carbocycles. The molecule has 3 aliphatic heterocycles. The number of benzene rings is 1. The Morgan fingerprint density at radius 2 is 1.90 bits per heavy atom. The minimum Gasteiger partial charge on any atom is -0.370 e. The van der Waals surface area contributed by atoms with Gasteiger partial charge in [-0.15, -0.1) is 0 Å². The molecule has 2 unspecified atom stereocenters. The summed E-state index contributed by atoms with van der Waals surface area (Å²) in [4.78, 5) is 0. The second-order valence-corrected chi connectivity index (χ2v) is 6.20. The maximum absolute atomic E-state index is 6.10. The Balaban J connectivity index is 1.47. The predicted octanol–water partition coefficient (Wildman–Crippen LogP) is 1.85. The fraction of sp³-hybridized carbons (Fsp3) is 0.625. The van der Waals surface area contributed by atoms with Gasteiger partial charge in [-0.2, -0.15) is 0 Å².